The minimum atomic E-state index is -0.984. The van der Waals surface area contributed by atoms with E-state index in [1.807, 2.05) is 6.08 Å². The van der Waals surface area contributed by atoms with Crippen LogP contribution in [0.25, 0.3) is 49.2 Å². The van der Waals surface area contributed by atoms with Gasteiger partial charge in [0.2, 0.25) is 0 Å². The van der Waals surface area contributed by atoms with E-state index in [0.717, 1.165) is 0 Å². The summed E-state index contributed by atoms with van der Waals surface area (Å²) in [6.07, 6.45) is 2.40. The molecule has 0 fully saturated rings. The topological polar surface area (TPSA) is 223 Å². The molecule has 1 aliphatic rings. The second kappa shape index (κ2) is 20.6. The fourth-order valence-corrected chi connectivity index (χ4v) is 8.68. The van der Waals surface area contributed by atoms with Crippen LogP contribution in [0.2, 0.25) is 0 Å². The van der Waals surface area contributed by atoms with E-state index < -0.39 is 47.7 Å². The standard InChI is InChI=1S/C46H53NO15/c1-24-19-29-28(7-6-11-61-32(53)8-12-59-17-15-56-3)44(47-10-14-62-33(54)9-13-60-18-16-57-4)38-30(51)20-26(22-48)35-36-27(23-49)21-31(52)39-41(36)42(37(29)40(35)38)43(34(24)25(2)50)46(58-5)45(39)55/h19-21,34,47-49,55H,6-18,22-23H2,1-5H3. The number of carbonyl (C=O) groups excluding carboxylic acids is 3. The molecule has 16 nitrogen and oxygen atoms in total. The number of benzene rings is 5. The molecule has 0 spiro atoms. The molecule has 0 saturated carbocycles. The lowest BCUT2D eigenvalue weighted by Crippen LogP contribution is -2.19. The van der Waals surface area contributed by atoms with Crippen LogP contribution in [0.3, 0.4) is 0 Å². The number of Topliss-reactive ketones (excluding diaryl/α,β-unsaturated/α-hetero) is 1. The zero-order chi connectivity index (χ0) is 44.7. The Morgan fingerprint density at radius 2 is 1.26 bits per heavy atom. The van der Waals surface area contributed by atoms with Gasteiger partial charge in [-0.05, 0) is 82.6 Å². The zero-order valence-corrected chi connectivity index (χ0v) is 35.7. The average molecular weight is 860 g/mol. The van der Waals surface area contributed by atoms with Crippen molar-refractivity contribution in [2.45, 2.75) is 58.7 Å². The van der Waals surface area contributed by atoms with E-state index in [0.29, 0.717) is 75.7 Å². The maximum atomic E-state index is 14.6. The van der Waals surface area contributed by atoms with Crippen LogP contribution >= 0.6 is 0 Å². The number of esters is 2. The number of aliphatic hydroxyl groups is 2. The summed E-state index contributed by atoms with van der Waals surface area (Å²) in [6, 6.07) is 2.52. The van der Waals surface area contributed by atoms with Crippen molar-refractivity contribution in [1.82, 2.24) is 0 Å². The first-order chi connectivity index (χ1) is 29.9. The number of hydrogen-bond acceptors (Lipinski definition) is 16. The minimum Gasteiger partial charge on any atom is -0.504 e. The third kappa shape index (κ3) is 8.89. The Morgan fingerprint density at radius 1 is 0.694 bits per heavy atom. The molecule has 16 heteroatoms. The van der Waals surface area contributed by atoms with Gasteiger partial charge in [-0.15, -0.1) is 0 Å². The third-order valence-corrected chi connectivity index (χ3v) is 11.2. The van der Waals surface area contributed by atoms with Crippen molar-refractivity contribution in [1.29, 1.82) is 0 Å². The fraction of sp³-hybridized carbons (Fsp3) is 0.457. The van der Waals surface area contributed by atoms with Crippen molar-refractivity contribution < 1.29 is 62.9 Å². The Hall–Kier alpha value is -5.49. The zero-order valence-electron chi connectivity index (χ0n) is 35.7. The van der Waals surface area contributed by atoms with Gasteiger partial charge >= 0.3 is 11.9 Å². The number of hydrogen-bond donors (Lipinski definition) is 4. The highest BCUT2D eigenvalue weighted by atomic mass is 16.5. The van der Waals surface area contributed by atoms with E-state index in [9.17, 15) is 39.3 Å². The summed E-state index contributed by atoms with van der Waals surface area (Å²) >= 11 is 0. The van der Waals surface area contributed by atoms with Crippen molar-refractivity contribution in [3.8, 4) is 11.5 Å². The number of rotatable bonds is 24. The highest BCUT2D eigenvalue weighted by Gasteiger charge is 2.37. The summed E-state index contributed by atoms with van der Waals surface area (Å²) in [5.41, 5.74) is 1.74. The smallest absolute Gasteiger partial charge is 0.308 e. The second-order valence-electron chi connectivity index (χ2n) is 15.1. The van der Waals surface area contributed by atoms with Gasteiger partial charge < -0.3 is 53.8 Å². The lowest BCUT2D eigenvalue weighted by atomic mass is 9.78. The number of ketones is 1. The molecule has 0 aromatic heterocycles. The van der Waals surface area contributed by atoms with Crippen LogP contribution in [0.1, 0.15) is 66.8 Å². The van der Waals surface area contributed by atoms with Crippen molar-refractivity contribution in [3.63, 3.8) is 0 Å². The predicted molar refractivity (Wildman–Crippen MR) is 232 cm³/mol. The fourth-order valence-electron chi connectivity index (χ4n) is 8.68. The van der Waals surface area contributed by atoms with E-state index in [4.69, 9.17) is 33.2 Å². The Morgan fingerprint density at radius 3 is 1.81 bits per heavy atom. The lowest BCUT2D eigenvalue weighted by Gasteiger charge is -2.26. The Kier molecular flexibility index (Phi) is 15.3. The van der Waals surface area contributed by atoms with Gasteiger partial charge in [0.25, 0.3) is 0 Å². The van der Waals surface area contributed by atoms with Crippen molar-refractivity contribution in [2.24, 2.45) is 0 Å². The summed E-state index contributed by atoms with van der Waals surface area (Å²) in [5.74, 6) is -2.80. The predicted octanol–water partition coefficient (Wildman–Crippen LogP) is 4.22. The van der Waals surface area contributed by atoms with E-state index in [-0.39, 0.29) is 103 Å². The molecule has 6 rings (SSSR count). The van der Waals surface area contributed by atoms with Crippen molar-refractivity contribution in [3.05, 3.63) is 66.0 Å². The number of ether oxygens (including phenoxy) is 7. The van der Waals surface area contributed by atoms with Gasteiger partial charge in [0.05, 0.1) is 96.1 Å². The van der Waals surface area contributed by atoms with Crippen LogP contribution < -0.4 is 20.9 Å². The van der Waals surface area contributed by atoms with Crippen molar-refractivity contribution in [2.75, 3.05) is 86.0 Å². The summed E-state index contributed by atoms with van der Waals surface area (Å²) in [4.78, 5) is 67.6. The Balaban J connectivity index is 1.60. The number of methoxy groups -OCH3 is 3. The molecule has 0 saturated heterocycles. The van der Waals surface area contributed by atoms with Crippen LogP contribution in [-0.4, -0.2) is 114 Å². The van der Waals surface area contributed by atoms with Crippen LogP contribution in [0, 0.1) is 0 Å². The van der Waals surface area contributed by atoms with Gasteiger partial charge in [0.15, 0.2) is 22.4 Å². The third-order valence-electron chi connectivity index (χ3n) is 11.2. The van der Waals surface area contributed by atoms with Gasteiger partial charge in [-0.2, -0.15) is 0 Å². The maximum absolute atomic E-state index is 14.6. The highest BCUT2D eigenvalue weighted by molar-refractivity contribution is 6.39. The van der Waals surface area contributed by atoms with Crippen LogP contribution in [0.15, 0.2) is 27.3 Å². The summed E-state index contributed by atoms with van der Waals surface area (Å²) in [7, 11) is 4.43. The van der Waals surface area contributed by atoms with Crippen LogP contribution in [-0.2, 0) is 62.4 Å². The number of nitrogens with one attached hydrogen (secondary N) is 1. The number of fused-ring (bicyclic) bond motifs is 1. The number of allylic oxidation sites excluding steroid dienone is 1. The average Bonchev–Trinajstić information content (AvgIpc) is 3.38. The molecule has 5 aromatic rings. The molecular formula is C46H53NO15. The molecule has 332 valence electrons. The van der Waals surface area contributed by atoms with E-state index >= 15 is 0 Å². The number of phenols is 1. The van der Waals surface area contributed by atoms with E-state index in [1.54, 1.807) is 21.1 Å². The number of phenolic OH excluding ortho intramolecular Hbond substituents is 1. The SMILES string of the molecule is COCCOCCC(=O)OCCCc1c(NCCOC(=O)CCOCCOC)c2c(=O)cc(CO)c3c4c(CO)cc(=O)c5c(O)c(OC)c6c(c(c1C=C(C)C6C(C)=O)c23)c54. The molecule has 0 heterocycles. The second-order valence-corrected chi connectivity index (χ2v) is 15.1. The molecule has 0 amide bonds. The van der Waals surface area contributed by atoms with Gasteiger partial charge in [-0.25, -0.2) is 0 Å². The molecule has 0 aliphatic heterocycles. The molecule has 1 aliphatic carbocycles. The molecule has 0 radical (unpaired) electrons. The number of aromatic hydroxyl groups is 1. The van der Waals surface area contributed by atoms with Gasteiger partial charge in [0, 0.05) is 42.8 Å². The van der Waals surface area contributed by atoms with Gasteiger partial charge in [0.1, 0.15) is 12.4 Å². The quantitative estimate of drug-likeness (QED) is 0.0295. The number of aliphatic hydroxyl groups excluding tert-OH is 2. The first kappa shape index (κ1) is 46.0. The van der Waals surface area contributed by atoms with Crippen LogP contribution in [0.4, 0.5) is 5.69 Å². The van der Waals surface area contributed by atoms with Gasteiger partial charge in [-0.1, -0.05) is 11.6 Å². The molecule has 1 unspecified atom stereocenters. The maximum Gasteiger partial charge on any atom is 0.308 e. The number of anilines is 1. The van der Waals surface area contributed by atoms with Gasteiger partial charge in [-0.3, -0.25) is 24.0 Å². The molecule has 62 heavy (non-hydrogen) atoms. The summed E-state index contributed by atoms with van der Waals surface area (Å²) < 4.78 is 37.7. The summed E-state index contributed by atoms with van der Waals surface area (Å²) in [6.45, 7) is 3.71. The summed E-state index contributed by atoms with van der Waals surface area (Å²) in [5, 5.41) is 39.2. The highest BCUT2D eigenvalue weighted by Crippen LogP contribution is 2.56. The Labute approximate surface area is 356 Å². The van der Waals surface area contributed by atoms with E-state index in [2.05, 4.69) is 5.32 Å². The molecule has 5 aromatic carbocycles. The molecule has 0 bridgehead atoms. The largest absolute Gasteiger partial charge is 0.504 e. The lowest BCUT2D eigenvalue weighted by molar-refractivity contribution is -0.145. The monoisotopic (exact) mass is 859 g/mol. The van der Waals surface area contributed by atoms with Crippen LogP contribution in [0.5, 0.6) is 11.5 Å². The normalized spacial score (nSPS) is 13.7. The first-order valence-electron chi connectivity index (χ1n) is 20.5. The Bertz CT molecular complexity index is 2620. The molecule has 1 atom stereocenters. The first-order valence-corrected chi connectivity index (χ1v) is 20.5. The van der Waals surface area contributed by atoms with E-state index in [1.165, 1.54) is 26.2 Å². The molecular weight excluding hydrogens is 806 g/mol. The molecule has 4 N–H and O–H groups in total. The number of carbonyl (C=O) groups is 3. The minimum absolute atomic E-state index is 0.00961. The van der Waals surface area contributed by atoms with Crippen molar-refractivity contribution >= 4 is 72.6 Å².